The zero-order valence-corrected chi connectivity index (χ0v) is 21.5. The second kappa shape index (κ2) is 9.41. The second-order valence-corrected chi connectivity index (χ2v) is 10.1. The SMILES string of the molecule is O=C(NCCc1ccc(F)cc1)c1ccccc1CN1C(=O)C2(COc3cc4c(cc32)OCO4)c2ccccc21. The van der Waals surface area contributed by atoms with Crippen molar-refractivity contribution in [2.24, 2.45) is 0 Å². The van der Waals surface area contributed by atoms with Crippen LogP contribution in [-0.2, 0) is 23.2 Å². The van der Waals surface area contributed by atoms with Crippen molar-refractivity contribution in [2.75, 3.05) is 24.8 Å². The van der Waals surface area contributed by atoms with E-state index in [0.717, 1.165) is 27.9 Å². The molecule has 40 heavy (non-hydrogen) atoms. The highest BCUT2D eigenvalue weighted by Gasteiger charge is 2.57. The van der Waals surface area contributed by atoms with Gasteiger partial charge < -0.3 is 24.4 Å². The van der Waals surface area contributed by atoms with Crippen LogP contribution in [0.25, 0.3) is 0 Å². The first-order valence-electron chi connectivity index (χ1n) is 13.1. The number of nitrogens with one attached hydrogen (secondary N) is 1. The topological polar surface area (TPSA) is 77.1 Å². The van der Waals surface area contributed by atoms with Crippen LogP contribution in [0, 0.1) is 5.82 Å². The number of fused-ring (bicyclic) bond motifs is 5. The van der Waals surface area contributed by atoms with Crippen LogP contribution in [0.4, 0.5) is 10.1 Å². The maximum absolute atomic E-state index is 14.3. The van der Waals surface area contributed by atoms with Crippen LogP contribution < -0.4 is 24.4 Å². The molecule has 4 aromatic rings. The second-order valence-electron chi connectivity index (χ2n) is 10.1. The average Bonchev–Trinajstić information content (AvgIpc) is 3.65. The Kier molecular flexibility index (Phi) is 5.70. The lowest BCUT2D eigenvalue weighted by Gasteiger charge is -2.24. The Labute approximate surface area is 230 Å². The van der Waals surface area contributed by atoms with Gasteiger partial charge in [-0.15, -0.1) is 0 Å². The van der Waals surface area contributed by atoms with E-state index in [2.05, 4.69) is 5.32 Å². The Hall–Kier alpha value is -4.85. The third kappa shape index (κ3) is 3.78. The molecule has 1 unspecified atom stereocenters. The van der Waals surface area contributed by atoms with Crippen LogP contribution in [0.3, 0.4) is 0 Å². The van der Waals surface area contributed by atoms with Crippen molar-refractivity contribution in [3.8, 4) is 17.2 Å². The Morgan fingerprint density at radius 3 is 2.48 bits per heavy atom. The summed E-state index contributed by atoms with van der Waals surface area (Å²) in [5.41, 5.74) is 3.54. The molecule has 3 aliphatic heterocycles. The van der Waals surface area contributed by atoms with E-state index >= 15 is 0 Å². The molecule has 0 aromatic heterocycles. The van der Waals surface area contributed by atoms with Gasteiger partial charge in [0.25, 0.3) is 5.91 Å². The molecule has 3 aliphatic rings. The normalized spacial score (nSPS) is 18.0. The van der Waals surface area contributed by atoms with E-state index in [-0.39, 0.29) is 37.6 Å². The predicted octanol–water partition coefficient (Wildman–Crippen LogP) is 4.75. The summed E-state index contributed by atoms with van der Waals surface area (Å²) in [6.07, 6.45) is 0.576. The first kappa shape index (κ1) is 24.2. The van der Waals surface area contributed by atoms with Crippen LogP contribution >= 0.6 is 0 Å². The molecular formula is C32H25FN2O5. The van der Waals surface area contributed by atoms with Crippen LogP contribution in [0.5, 0.6) is 17.2 Å². The number of nitrogens with zero attached hydrogens (tertiary/aromatic N) is 1. The number of rotatable bonds is 6. The molecule has 0 bridgehead atoms. The smallest absolute Gasteiger partial charge is 0.251 e. The Morgan fingerprint density at radius 2 is 1.62 bits per heavy atom. The number of benzene rings is 4. The minimum Gasteiger partial charge on any atom is -0.491 e. The number of anilines is 1. The number of hydrogen-bond donors (Lipinski definition) is 1. The van der Waals surface area contributed by atoms with Crippen molar-refractivity contribution in [3.05, 3.63) is 119 Å². The Balaban J connectivity index is 1.17. The van der Waals surface area contributed by atoms with E-state index in [9.17, 15) is 14.0 Å². The van der Waals surface area contributed by atoms with Crippen molar-refractivity contribution in [1.29, 1.82) is 0 Å². The van der Waals surface area contributed by atoms with Gasteiger partial charge in [0.2, 0.25) is 12.7 Å². The van der Waals surface area contributed by atoms with E-state index in [4.69, 9.17) is 14.2 Å². The Bertz CT molecular complexity index is 1650. The van der Waals surface area contributed by atoms with E-state index in [0.29, 0.717) is 35.8 Å². The van der Waals surface area contributed by atoms with E-state index in [1.807, 2.05) is 48.5 Å². The lowest BCUT2D eigenvalue weighted by molar-refractivity contribution is -0.122. The van der Waals surface area contributed by atoms with E-state index in [1.54, 1.807) is 29.2 Å². The summed E-state index contributed by atoms with van der Waals surface area (Å²) in [5, 5.41) is 2.96. The largest absolute Gasteiger partial charge is 0.491 e. The lowest BCUT2D eigenvalue weighted by atomic mass is 9.77. The van der Waals surface area contributed by atoms with Crippen LogP contribution in [0.2, 0.25) is 0 Å². The number of para-hydroxylation sites is 1. The summed E-state index contributed by atoms with van der Waals surface area (Å²) < 4.78 is 30.4. The van der Waals surface area contributed by atoms with Crippen molar-refractivity contribution in [3.63, 3.8) is 0 Å². The average molecular weight is 537 g/mol. The zero-order valence-electron chi connectivity index (χ0n) is 21.5. The van der Waals surface area contributed by atoms with E-state index in [1.165, 1.54) is 12.1 Å². The van der Waals surface area contributed by atoms with Crippen LogP contribution in [0.1, 0.15) is 32.6 Å². The van der Waals surface area contributed by atoms with Gasteiger partial charge in [-0.3, -0.25) is 9.59 Å². The van der Waals surface area contributed by atoms with Gasteiger partial charge in [-0.05, 0) is 53.4 Å². The summed E-state index contributed by atoms with van der Waals surface area (Å²) in [6.45, 7) is 0.921. The van der Waals surface area contributed by atoms with Gasteiger partial charge >= 0.3 is 0 Å². The quantitative estimate of drug-likeness (QED) is 0.385. The highest BCUT2D eigenvalue weighted by Crippen LogP contribution is 2.55. The highest BCUT2D eigenvalue weighted by molar-refractivity contribution is 6.11. The number of halogens is 1. The van der Waals surface area contributed by atoms with Gasteiger partial charge in [0.1, 0.15) is 23.6 Å². The molecule has 2 amide bonds. The minimum atomic E-state index is -1.01. The summed E-state index contributed by atoms with van der Waals surface area (Å²) in [6, 6.07) is 24.9. The third-order valence-electron chi connectivity index (χ3n) is 7.85. The molecule has 1 N–H and O–H groups in total. The molecule has 200 valence electrons. The summed E-state index contributed by atoms with van der Waals surface area (Å²) in [5.74, 6) is 1.17. The first-order chi connectivity index (χ1) is 19.5. The first-order valence-corrected chi connectivity index (χ1v) is 13.1. The maximum Gasteiger partial charge on any atom is 0.251 e. The molecular weight excluding hydrogens is 511 g/mol. The van der Waals surface area contributed by atoms with Crippen LogP contribution in [0.15, 0.2) is 84.9 Å². The van der Waals surface area contributed by atoms with Crippen molar-refractivity contribution in [2.45, 2.75) is 18.4 Å². The molecule has 1 spiro atoms. The maximum atomic E-state index is 14.3. The van der Waals surface area contributed by atoms with Crippen molar-refractivity contribution in [1.82, 2.24) is 5.32 Å². The zero-order chi connectivity index (χ0) is 27.3. The molecule has 0 saturated heterocycles. The van der Waals surface area contributed by atoms with Crippen LogP contribution in [-0.4, -0.2) is 31.8 Å². The molecule has 7 nitrogen and oxygen atoms in total. The summed E-state index contributed by atoms with van der Waals surface area (Å²) in [7, 11) is 0. The third-order valence-corrected chi connectivity index (χ3v) is 7.85. The lowest BCUT2D eigenvalue weighted by Crippen LogP contribution is -2.42. The molecule has 0 radical (unpaired) electrons. The summed E-state index contributed by atoms with van der Waals surface area (Å²) >= 11 is 0. The van der Waals surface area contributed by atoms with Crippen molar-refractivity contribution >= 4 is 17.5 Å². The predicted molar refractivity (Wildman–Crippen MR) is 145 cm³/mol. The van der Waals surface area contributed by atoms with Gasteiger partial charge in [0, 0.05) is 29.4 Å². The van der Waals surface area contributed by atoms with E-state index < -0.39 is 5.41 Å². The fourth-order valence-corrected chi connectivity index (χ4v) is 5.84. The molecule has 7 rings (SSSR count). The van der Waals surface area contributed by atoms with Crippen molar-refractivity contribution < 1.29 is 28.2 Å². The standard InChI is InChI=1S/C32H25FN2O5/c33-22-11-9-20(10-12-22)13-14-34-30(36)23-6-2-1-5-21(23)17-35-26-8-4-3-7-24(26)32(31(35)37)18-38-27-16-29-28(15-25(27)32)39-19-40-29/h1-12,15-16H,13-14,17-19H2,(H,34,36). The fraction of sp³-hybridized carbons (Fsp3) is 0.188. The highest BCUT2D eigenvalue weighted by atomic mass is 19.1. The molecule has 0 saturated carbocycles. The number of hydrogen-bond acceptors (Lipinski definition) is 5. The molecule has 4 aromatic carbocycles. The molecule has 0 fully saturated rings. The molecule has 1 atom stereocenters. The van der Waals surface area contributed by atoms with Gasteiger partial charge in [0.05, 0.1) is 6.54 Å². The molecule has 0 aliphatic carbocycles. The summed E-state index contributed by atoms with van der Waals surface area (Å²) in [4.78, 5) is 29.3. The van der Waals surface area contributed by atoms with Gasteiger partial charge in [0.15, 0.2) is 11.5 Å². The van der Waals surface area contributed by atoms with Gasteiger partial charge in [-0.2, -0.15) is 0 Å². The van der Waals surface area contributed by atoms with Gasteiger partial charge in [-0.25, -0.2) is 4.39 Å². The van der Waals surface area contributed by atoms with Gasteiger partial charge in [-0.1, -0.05) is 48.5 Å². The molecule has 3 heterocycles. The number of carbonyl (C=O) groups is 2. The fourth-order valence-electron chi connectivity index (χ4n) is 5.84. The molecule has 8 heteroatoms. The Morgan fingerprint density at radius 1 is 0.875 bits per heavy atom. The monoisotopic (exact) mass is 536 g/mol. The number of ether oxygens (including phenoxy) is 3. The minimum absolute atomic E-state index is 0.113. The number of amides is 2. The number of carbonyl (C=O) groups excluding carboxylic acids is 2.